The number of nitrogens with one attached hydrogen (secondary N) is 2. The van der Waals surface area contributed by atoms with Crippen LogP contribution >= 0.6 is 0 Å². The van der Waals surface area contributed by atoms with Crippen molar-refractivity contribution in [1.29, 1.82) is 0 Å². The van der Waals surface area contributed by atoms with E-state index in [2.05, 4.69) is 15.4 Å². The topological polar surface area (TPSA) is 76.7 Å². The Hall–Kier alpha value is -2.45. The van der Waals surface area contributed by atoms with Gasteiger partial charge in [-0.3, -0.25) is 4.79 Å². The lowest BCUT2D eigenvalue weighted by Crippen LogP contribution is -2.41. The number of alkyl carbamates (subject to hydrolysis) is 1. The molecule has 0 aliphatic carbocycles. The van der Waals surface area contributed by atoms with Crippen LogP contribution in [-0.2, 0) is 15.7 Å². The van der Waals surface area contributed by atoms with Crippen LogP contribution in [0.3, 0.4) is 0 Å². The minimum atomic E-state index is -4.57. The number of hydrogen-bond acceptors (Lipinski definition) is 4. The van der Waals surface area contributed by atoms with Crippen molar-refractivity contribution in [3.8, 4) is 5.75 Å². The number of rotatable bonds is 7. The highest BCUT2D eigenvalue weighted by Crippen LogP contribution is 2.36. The first kappa shape index (κ1) is 19.6. The number of ether oxygens (including phenoxy) is 2. The smallest absolute Gasteiger partial charge is 0.419 e. The molecule has 1 aromatic carbocycles. The second-order valence-electron chi connectivity index (χ2n) is 4.69. The van der Waals surface area contributed by atoms with Crippen molar-refractivity contribution in [1.82, 2.24) is 10.6 Å². The molecule has 9 heteroatoms. The van der Waals surface area contributed by atoms with Gasteiger partial charge >= 0.3 is 12.3 Å². The second-order valence-corrected chi connectivity index (χ2v) is 4.69. The Kier molecular flexibility index (Phi) is 7.34. The van der Waals surface area contributed by atoms with E-state index >= 15 is 0 Å². The molecule has 0 saturated carbocycles. The summed E-state index contributed by atoms with van der Waals surface area (Å²) in [7, 11) is 0. The monoisotopic (exact) mass is 348 g/mol. The molecule has 0 heterocycles. The van der Waals surface area contributed by atoms with Crippen molar-refractivity contribution < 1.29 is 32.2 Å². The summed E-state index contributed by atoms with van der Waals surface area (Å²) in [6, 6.07) is 4.65. The fourth-order valence-corrected chi connectivity index (χ4v) is 1.72. The van der Waals surface area contributed by atoms with Crippen LogP contribution in [0.2, 0.25) is 0 Å². The molecule has 0 radical (unpaired) electrons. The molecular formula is C15H19F3N2O4. The summed E-state index contributed by atoms with van der Waals surface area (Å²) < 4.78 is 48.3. The van der Waals surface area contributed by atoms with E-state index in [1.165, 1.54) is 19.1 Å². The molecule has 24 heavy (non-hydrogen) atoms. The summed E-state index contributed by atoms with van der Waals surface area (Å²) in [5, 5.41) is 4.83. The van der Waals surface area contributed by atoms with E-state index in [-0.39, 0.29) is 19.7 Å². The van der Waals surface area contributed by atoms with Gasteiger partial charge in [0.25, 0.3) is 5.91 Å². The van der Waals surface area contributed by atoms with Crippen LogP contribution < -0.4 is 15.4 Å². The molecule has 1 unspecified atom stereocenters. The molecular weight excluding hydrogens is 329 g/mol. The van der Waals surface area contributed by atoms with Crippen LogP contribution in [0, 0.1) is 0 Å². The zero-order valence-electron chi connectivity index (χ0n) is 13.3. The number of carbonyl (C=O) groups is 2. The van der Waals surface area contributed by atoms with Crippen LogP contribution in [0.25, 0.3) is 0 Å². The fraction of sp³-hybridized carbons (Fsp3) is 0.467. The highest BCUT2D eigenvalue weighted by molar-refractivity contribution is 5.80. The number of alkyl halides is 3. The molecule has 134 valence electrons. The Balaban J connectivity index is 2.49. The summed E-state index contributed by atoms with van der Waals surface area (Å²) in [6.07, 6.45) is -6.32. The Morgan fingerprint density at radius 3 is 2.42 bits per heavy atom. The van der Waals surface area contributed by atoms with Crippen LogP contribution in [0.4, 0.5) is 18.0 Å². The van der Waals surface area contributed by atoms with E-state index in [4.69, 9.17) is 4.74 Å². The molecule has 2 N–H and O–H groups in total. The maximum atomic E-state index is 12.9. The van der Waals surface area contributed by atoms with E-state index in [1.54, 1.807) is 6.92 Å². The van der Waals surface area contributed by atoms with Gasteiger partial charge in [0.2, 0.25) is 0 Å². The lowest BCUT2D eigenvalue weighted by atomic mass is 10.2. The lowest BCUT2D eigenvalue weighted by Gasteiger charge is -2.18. The normalized spacial score (nSPS) is 12.2. The van der Waals surface area contributed by atoms with E-state index in [0.717, 1.165) is 12.1 Å². The third-order valence-corrected chi connectivity index (χ3v) is 2.83. The fourth-order valence-electron chi connectivity index (χ4n) is 1.72. The van der Waals surface area contributed by atoms with Crippen molar-refractivity contribution in [2.24, 2.45) is 0 Å². The van der Waals surface area contributed by atoms with Crippen LogP contribution in [0.1, 0.15) is 19.4 Å². The standard InChI is InChI=1S/C15H19F3N2O4/c1-3-23-14(22)20-9-8-19-13(21)10(2)24-12-7-5-4-6-11(12)15(16,17)18/h4-7,10H,3,8-9H2,1-2H3,(H,19,21)(H,20,22). The highest BCUT2D eigenvalue weighted by Gasteiger charge is 2.34. The average molecular weight is 348 g/mol. The Morgan fingerprint density at radius 1 is 1.17 bits per heavy atom. The number of carbonyl (C=O) groups excluding carboxylic acids is 2. The van der Waals surface area contributed by atoms with Gasteiger partial charge in [-0.05, 0) is 26.0 Å². The van der Waals surface area contributed by atoms with Gasteiger partial charge in [0.1, 0.15) is 5.75 Å². The number of para-hydroxylation sites is 1. The molecule has 6 nitrogen and oxygen atoms in total. The number of hydrogen-bond donors (Lipinski definition) is 2. The van der Waals surface area contributed by atoms with Crippen molar-refractivity contribution in [3.63, 3.8) is 0 Å². The summed E-state index contributed by atoms with van der Waals surface area (Å²) in [5.41, 5.74) is -0.950. The first-order valence-electron chi connectivity index (χ1n) is 7.27. The van der Waals surface area contributed by atoms with Gasteiger partial charge < -0.3 is 20.1 Å². The maximum absolute atomic E-state index is 12.9. The minimum absolute atomic E-state index is 0.0895. The predicted molar refractivity (Wildman–Crippen MR) is 79.6 cm³/mol. The third-order valence-electron chi connectivity index (χ3n) is 2.83. The van der Waals surface area contributed by atoms with Gasteiger partial charge in [-0.2, -0.15) is 13.2 Å². The molecule has 1 rings (SSSR count). The predicted octanol–water partition coefficient (Wildman–Crippen LogP) is 2.33. The Morgan fingerprint density at radius 2 is 1.79 bits per heavy atom. The van der Waals surface area contributed by atoms with Gasteiger partial charge in [0.15, 0.2) is 6.10 Å². The van der Waals surface area contributed by atoms with Gasteiger partial charge in [-0.1, -0.05) is 12.1 Å². The van der Waals surface area contributed by atoms with Crippen molar-refractivity contribution in [2.75, 3.05) is 19.7 Å². The lowest BCUT2D eigenvalue weighted by molar-refractivity contribution is -0.140. The maximum Gasteiger partial charge on any atom is 0.419 e. The van der Waals surface area contributed by atoms with E-state index in [0.29, 0.717) is 0 Å². The van der Waals surface area contributed by atoms with Crippen molar-refractivity contribution in [2.45, 2.75) is 26.1 Å². The quantitative estimate of drug-likeness (QED) is 0.742. The molecule has 0 saturated heterocycles. The summed E-state index contributed by atoms with van der Waals surface area (Å²) >= 11 is 0. The van der Waals surface area contributed by atoms with Crippen molar-refractivity contribution in [3.05, 3.63) is 29.8 Å². The SMILES string of the molecule is CCOC(=O)NCCNC(=O)C(C)Oc1ccccc1C(F)(F)F. The average Bonchev–Trinajstić information content (AvgIpc) is 2.51. The van der Waals surface area contributed by atoms with Gasteiger partial charge in [0.05, 0.1) is 12.2 Å². The molecule has 0 fully saturated rings. The molecule has 1 atom stereocenters. The van der Waals surface area contributed by atoms with Crippen LogP contribution in [0.15, 0.2) is 24.3 Å². The first-order valence-corrected chi connectivity index (χ1v) is 7.27. The van der Waals surface area contributed by atoms with Crippen molar-refractivity contribution >= 4 is 12.0 Å². The van der Waals surface area contributed by atoms with Gasteiger partial charge in [0, 0.05) is 13.1 Å². The Bertz CT molecular complexity index is 564. The number of halogens is 3. The zero-order valence-corrected chi connectivity index (χ0v) is 13.3. The molecule has 0 aliphatic rings. The molecule has 0 aromatic heterocycles. The number of amides is 2. The van der Waals surface area contributed by atoms with Crippen LogP contribution in [0.5, 0.6) is 5.75 Å². The third kappa shape index (κ3) is 6.35. The molecule has 0 bridgehead atoms. The second kappa shape index (κ2) is 8.99. The molecule has 0 spiro atoms. The summed E-state index contributed by atoms with van der Waals surface area (Å²) in [4.78, 5) is 22.8. The van der Waals surface area contributed by atoms with E-state index in [1.807, 2.05) is 0 Å². The first-order chi connectivity index (χ1) is 11.3. The van der Waals surface area contributed by atoms with Gasteiger partial charge in [-0.15, -0.1) is 0 Å². The van der Waals surface area contributed by atoms with E-state index in [9.17, 15) is 22.8 Å². The Labute approximate surface area is 137 Å². The molecule has 1 aromatic rings. The highest BCUT2D eigenvalue weighted by atomic mass is 19.4. The van der Waals surface area contributed by atoms with E-state index < -0.39 is 35.6 Å². The molecule has 2 amide bonds. The summed E-state index contributed by atoms with van der Waals surface area (Å²) in [5.74, 6) is -1.02. The minimum Gasteiger partial charge on any atom is -0.480 e. The zero-order chi connectivity index (χ0) is 18.2. The summed E-state index contributed by atoms with van der Waals surface area (Å²) in [6.45, 7) is 3.42. The molecule has 0 aliphatic heterocycles. The number of benzene rings is 1. The van der Waals surface area contributed by atoms with Gasteiger partial charge in [-0.25, -0.2) is 4.79 Å². The van der Waals surface area contributed by atoms with Crippen LogP contribution in [-0.4, -0.2) is 37.8 Å². The largest absolute Gasteiger partial charge is 0.480 e.